The van der Waals surface area contributed by atoms with Gasteiger partial charge in [0.1, 0.15) is 11.5 Å². The summed E-state index contributed by atoms with van der Waals surface area (Å²) in [5, 5.41) is 3.36. The van der Waals surface area contributed by atoms with Crippen molar-refractivity contribution in [1.82, 2.24) is 5.32 Å². The van der Waals surface area contributed by atoms with Gasteiger partial charge in [0.05, 0.1) is 0 Å². The second-order valence-electron chi connectivity index (χ2n) is 6.01. The molecule has 2 aliphatic rings. The highest BCUT2D eigenvalue weighted by Crippen LogP contribution is 2.54. The molecule has 0 amide bonds. The van der Waals surface area contributed by atoms with E-state index in [-0.39, 0.29) is 0 Å². The molecule has 1 atom stereocenters. The van der Waals surface area contributed by atoms with Crippen LogP contribution in [-0.4, -0.2) is 26.1 Å². The van der Waals surface area contributed by atoms with Gasteiger partial charge < -0.3 is 10.1 Å². The van der Waals surface area contributed by atoms with Gasteiger partial charge in [-0.1, -0.05) is 43.3 Å². The van der Waals surface area contributed by atoms with Crippen molar-refractivity contribution in [2.24, 2.45) is 0 Å². The minimum absolute atomic E-state index is 0.529. The Labute approximate surface area is 137 Å². The van der Waals surface area contributed by atoms with E-state index in [4.69, 9.17) is 4.74 Å². The Morgan fingerprint density at radius 1 is 1.35 bits per heavy atom. The van der Waals surface area contributed by atoms with Crippen molar-refractivity contribution in [3.8, 4) is 0 Å². The average Bonchev–Trinajstić information content (AvgIpc) is 2.90. The van der Waals surface area contributed by atoms with Crippen LogP contribution in [0.25, 0.3) is 5.57 Å². The van der Waals surface area contributed by atoms with Gasteiger partial charge in [0, 0.05) is 24.7 Å². The molecule has 0 fully saturated rings. The molecule has 1 unspecified atom stereocenters. The van der Waals surface area contributed by atoms with E-state index in [2.05, 4.69) is 36.4 Å². The summed E-state index contributed by atoms with van der Waals surface area (Å²) in [7, 11) is 1.75. The molecule has 2 aliphatic carbocycles. The Balaban J connectivity index is 2.09. The monoisotopic (exact) mass is 309 g/mol. The Hall–Kier alpha value is -1.93. The zero-order valence-electron chi connectivity index (χ0n) is 13.8. The predicted octanol–water partition coefficient (Wildman–Crippen LogP) is 3.40. The number of benzene rings is 1. The van der Waals surface area contributed by atoms with Crippen LogP contribution < -0.4 is 5.32 Å². The highest BCUT2D eigenvalue weighted by atomic mass is 16.5. The summed E-state index contributed by atoms with van der Waals surface area (Å²) < 4.78 is 6.09. The molecular formula is C20H23NO2. The highest BCUT2D eigenvalue weighted by Gasteiger charge is 2.46. The number of carbonyl (C=O) groups excluding carboxylic acids is 1. The average molecular weight is 309 g/mol. The summed E-state index contributed by atoms with van der Waals surface area (Å²) in [5.41, 5.74) is 4.69. The molecule has 3 nitrogen and oxygen atoms in total. The smallest absolute Gasteiger partial charge is 0.128 e. The van der Waals surface area contributed by atoms with Gasteiger partial charge in [0.2, 0.25) is 0 Å². The molecule has 0 heterocycles. The molecule has 1 aromatic carbocycles. The molecule has 23 heavy (non-hydrogen) atoms. The lowest BCUT2D eigenvalue weighted by molar-refractivity contribution is 0.0140. The number of rotatable bonds is 6. The zero-order chi connectivity index (χ0) is 16.3. The van der Waals surface area contributed by atoms with Gasteiger partial charge in [-0.3, -0.25) is 0 Å². The van der Waals surface area contributed by atoms with Crippen LogP contribution in [0.2, 0.25) is 0 Å². The van der Waals surface area contributed by atoms with E-state index < -0.39 is 5.60 Å². The summed E-state index contributed by atoms with van der Waals surface area (Å²) >= 11 is 0. The Morgan fingerprint density at radius 3 is 2.91 bits per heavy atom. The first-order valence-electron chi connectivity index (χ1n) is 8.30. The maximum atomic E-state index is 11.5. The van der Waals surface area contributed by atoms with Crippen LogP contribution in [0.15, 0.2) is 47.6 Å². The van der Waals surface area contributed by atoms with E-state index in [0.717, 1.165) is 42.7 Å². The molecule has 0 bridgehead atoms. The lowest BCUT2D eigenvalue weighted by atomic mass is 9.80. The van der Waals surface area contributed by atoms with E-state index in [0.29, 0.717) is 6.42 Å². The molecule has 120 valence electrons. The first kappa shape index (κ1) is 15.9. The van der Waals surface area contributed by atoms with Crippen molar-refractivity contribution in [2.75, 3.05) is 20.2 Å². The van der Waals surface area contributed by atoms with E-state index in [1.807, 2.05) is 18.2 Å². The van der Waals surface area contributed by atoms with Gasteiger partial charge in [-0.05, 0) is 42.6 Å². The summed E-state index contributed by atoms with van der Waals surface area (Å²) in [6, 6.07) is 8.33. The molecule has 1 N–H and O–H groups in total. The lowest BCUT2D eigenvalue weighted by Crippen LogP contribution is -2.31. The van der Waals surface area contributed by atoms with Gasteiger partial charge >= 0.3 is 0 Å². The van der Waals surface area contributed by atoms with Crippen LogP contribution in [0, 0.1) is 0 Å². The van der Waals surface area contributed by atoms with Crippen molar-refractivity contribution < 1.29 is 9.53 Å². The SMILES string of the molecule is CCNCCCC1(OC)C2=C(C=CCC2=C=O)c2ccccc21. The largest absolute Gasteiger partial charge is 0.369 e. The topological polar surface area (TPSA) is 38.3 Å². The molecule has 0 saturated carbocycles. The van der Waals surface area contributed by atoms with Crippen molar-refractivity contribution in [2.45, 2.75) is 31.8 Å². The van der Waals surface area contributed by atoms with Crippen LogP contribution in [-0.2, 0) is 15.1 Å². The number of fused-ring (bicyclic) bond motifs is 2. The maximum Gasteiger partial charge on any atom is 0.128 e. The number of allylic oxidation sites excluding steroid dienone is 3. The van der Waals surface area contributed by atoms with Gasteiger partial charge in [-0.25, -0.2) is 4.79 Å². The summed E-state index contributed by atoms with van der Waals surface area (Å²) in [4.78, 5) is 11.5. The summed E-state index contributed by atoms with van der Waals surface area (Å²) in [6.07, 6.45) is 6.64. The molecule has 0 radical (unpaired) electrons. The van der Waals surface area contributed by atoms with Crippen molar-refractivity contribution in [3.05, 3.63) is 58.7 Å². The highest BCUT2D eigenvalue weighted by molar-refractivity contribution is 5.92. The van der Waals surface area contributed by atoms with E-state index in [9.17, 15) is 4.79 Å². The van der Waals surface area contributed by atoms with Crippen LogP contribution in [0.4, 0.5) is 0 Å². The quantitative estimate of drug-likeness (QED) is 0.646. The van der Waals surface area contributed by atoms with E-state index >= 15 is 0 Å². The number of hydrogen-bond donors (Lipinski definition) is 1. The van der Waals surface area contributed by atoms with Crippen LogP contribution in [0.5, 0.6) is 0 Å². The van der Waals surface area contributed by atoms with Crippen LogP contribution in [0.3, 0.4) is 0 Å². The first-order valence-corrected chi connectivity index (χ1v) is 8.30. The minimum atomic E-state index is -0.529. The van der Waals surface area contributed by atoms with Gasteiger partial charge in [-0.15, -0.1) is 0 Å². The first-order chi connectivity index (χ1) is 11.3. The third-order valence-electron chi connectivity index (χ3n) is 4.84. The van der Waals surface area contributed by atoms with Crippen LogP contribution in [0.1, 0.15) is 37.3 Å². The number of hydrogen-bond acceptors (Lipinski definition) is 3. The van der Waals surface area contributed by atoms with Crippen LogP contribution >= 0.6 is 0 Å². The Kier molecular flexibility index (Phi) is 4.63. The third-order valence-corrected chi connectivity index (χ3v) is 4.84. The summed E-state index contributed by atoms with van der Waals surface area (Å²) in [5.74, 6) is 2.16. The standard InChI is InChI=1S/C20H23NO2/c1-3-21-13-7-12-20(23-2)18-11-5-4-9-16(18)17-10-6-8-15(14-22)19(17)20/h4-6,9-11,21H,3,7-8,12-13H2,1-2H3. The third kappa shape index (κ3) is 2.51. The van der Waals surface area contributed by atoms with Crippen molar-refractivity contribution >= 4 is 11.5 Å². The molecule has 1 aromatic rings. The lowest BCUT2D eigenvalue weighted by Gasteiger charge is -2.33. The fourth-order valence-electron chi connectivity index (χ4n) is 3.84. The second-order valence-corrected chi connectivity index (χ2v) is 6.01. The van der Waals surface area contributed by atoms with E-state index in [1.165, 1.54) is 11.1 Å². The van der Waals surface area contributed by atoms with Gasteiger partial charge in [-0.2, -0.15) is 0 Å². The second kappa shape index (κ2) is 6.67. The Morgan fingerprint density at radius 2 is 2.17 bits per heavy atom. The fourth-order valence-corrected chi connectivity index (χ4v) is 3.84. The minimum Gasteiger partial charge on any atom is -0.369 e. The van der Waals surface area contributed by atoms with Gasteiger partial charge in [0.25, 0.3) is 0 Å². The number of nitrogens with one attached hydrogen (secondary N) is 1. The Bertz CT molecular complexity index is 710. The molecule has 0 aliphatic heterocycles. The molecular weight excluding hydrogens is 286 g/mol. The predicted molar refractivity (Wildman–Crippen MR) is 92.8 cm³/mol. The number of ether oxygens (including phenoxy) is 1. The molecule has 3 rings (SSSR count). The van der Waals surface area contributed by atoms with E-state index in [1.54, 1.807) is 7.11 Å². The van der Waals surface area contributed by atoms with Gasteiger partial charge in [0.15, 0.2) is 0 Å². The normalized spacial score (nSPS) is 22.1. The fraction of sp³-hybridized carbons (Fsp3) is 0.400. The molecule has 3 heteroatoms. The maximum absolute atomic E-state index is 11.5. The summed E-state index contributed by atoms with van der Waals surface area (Å²) in [6.45, 7) is 4.02. The van der Waals surface area contributed by atoms with Crippen molar-refractivity contribution in [3.63, 3.8) is 0 Å². The molecule has 0 aromatic heterocycles. The zero-order valence-corrected chi connectivity index (χ0v) is 13.8. The number of methoxy groups -OCH3 is 1. The van der Waals surface area contributed by atoms with Crippen molar-refractivity contribution in [1.29, 1.82) is 0 Å². The molecule has 0 spiro atoms. The molecule has 0 saturated heterocycles.